The first-order valence-corrected chi connectivity index (χ1v) is 48.1. The van der Waals surface area contributed by atoms with Gasteiger partial charge in [0.15, 0.2) is 17.5 Å². The maximum atomic E-state index is 16.0. The van der Waals surface area contributed by atoms with Crippen molar-refractivity contribution in [1.82, 2.24) is 50.6 Å². The van der Waals surface area contributed by atoms with Crippen LogP contribution in [0, 0.1) is 16.7 Å². The van der Waals surface area contributed by atoms with Crippen LogP contribution in [0.3, 0.4) is 0 Å². The highest BCUT2D eigenvalue weighted by Gasteiger charge is 2.78. The first-order valence-electron chi connectivity index (χ1n) is 48.1. The van der Waals surface area contributed by atoms with Crippen molar-refractivity contribution in [2.75, 3.05) is 58.0 Å². The van der Waals surface area contributed by atoms with E-state index in [0.717, 1.165) is 58.9 Å². The molecule has 0 spiro atoms. The first-order chi connectivity index (χ1) is 69.5. The van der Waals surface area contributed by atoms with Gasteiger partial charge < -0.3 is 79.4 Å². The zero-order valence-corrected chi connectivity index (χ0v) is 81.1. The van der Waals surface area contributed by atoms with Gasteiger partial charge in [0.2, 0.25) is 12.0 Å². The molecule has 11 aromatic rings. The number of nitrogens with one attached hydrogen (secondary N) is 4. The molecule has 5 amide bonds. The molecule has 32 heteroatoms. The Kier molecular flexibility index (Phi) is 34.3. The lowest BCUT2D eigenvalue weighted by molar-refractivity contribution is -0.346. The molecular formula is C112H119N11O21. The van der Waals surface area contributed by atoms with Gasteiger partial charge in [-0.1, -0.05) is 172 Å². The minimum atomic E-state index is -2.56. The van der Waals surface area contributed by atoms with Crippen LogP contribution in [0.5, 0.6) is 5.75 Å². The molecule has 7 N–H and O–H groups in total. The van der Waals surface area contributed by atoms with Crippen LogP contribution in [0.4, 0.5) is 10.5 Å². The molecule has 1 aliphatic heterocycles. The van der Waals surface area contributed by atoms with E-state index in [1.54, 1.807) is 121 Å². The molecule has 0 radical (unpaired) electrons. The van der Waals surface area contributed by atoms with Gasteiger partial charge in [-0.2, -0.15) is 0 Å². The molecule has 2 bridgehead atoms. The number of aliphatic hydroxyl groups is 2. The van der Waals surface area contributed by atoms with E-state index in [1.807, 2.05) is 140 Å². The number of phenols is 1. The number of carbonyl (C=O) groups excluding carboxylic acids is 10. The van der Waals surface area contributed by atoms with Gasteiger partial charge in [0, 0.05) is 157 Å². The molecule has 32 nitrogen and oxygen atoms in total. The lowest BCUT2D eigenvalue weighted by Gasteiger charge is -2.67. The molecule has 4 aliphatic rings. The highest BCUT2D eigenvalue weighted by molar-refractivity contribution is 5.98. The van der Waals surface area contributed by atoms with Crippen LogP contribution in [-0.2, 0) is 119 Å². The number of aromatic nitrogens is 4. The zero-order chi connectivity index (χ0) is 101. The average Bonchev–Trinajstić information content (AvgIpc) is 0.665. The van der Waals surface area contributed by atoms with Crippen molar-refractivity contribution in [2.24, 2.45) is 16.7 Å². The fourth-order valence-corrected chi connectivity index (χ4v) is 19.7. The second-order valence-corrected chi connectivity index (χ2v) is 37.2. The van der Waals surface area contributed by atoms with E-state index in [-0.39, 0.29) is 105 Å². The lowest BCUT2D eigenvalue weighted by Crippen LogP contribution is -2.82. The summed E-state index contributed by atoms with van der Waals surface area (Å²) in [5.41, 5.74) is 1.33. The van der Waals surface area contributed by atoms with Gasteiger partial charge in [-0.05, 0) is 156 Å². The summed E-state index contributed by atoms with van der Waals surface area (Å²) in [4.78, 5) is 169. The monoisotopic (exact) mass is 1950 g/mol. The predicted molar refractivity (Wildman–Crippen MR) is 530 cm³/mol. The molecule has 3 aliphatic carbocycles. The molecule has 1 saturated heterocycles. The van der Waals surface area contributed by atoms with E-state index in [0.29, 0.717) is 68.1 Å². The van der Waals surface area contributed by atoms with Crippen LogP contribution in [0.25, 0.3) is 11.1 Å². The van der Waals surface area contributed by atoms with Crippen molar-refractivity contribution in [3.8, 4) is 16.9 Å². The van der Waals surface area contributed by atoms with Crippen molar-refractivity contribution in [2.45, 2.75) is 173 Å². The Bertz CT molecular complexity index is 6120. The topological polar surface area (TPSA) is 415 Å². The number of aromatic hydroxyl groups is 1. The summed E-state index contributed by atoms with van der Waals surface area (Å²) in [7, 11) is 0. The second kappa shape index (κ2) is 47.8. The highest BCUT2D eigenvalue weighted by Crippen LogP contribution is 2.65. The van der Waals surface area contributed by atoms with E-state index < -0.39 is 144 Å². The smallest absolute Gasteiger partial charge is 0.350 e. The largest absolute Gasteiger partial charge is 0.507 e. The molecular weight excluding hydrogens is 1840 g/mol. The highest BCUT2D eigenvalue weighted by atomic mass is 16.6. The average molecular weight is 1960 g/mol. The number of hydrogen-bond acceptors (Lipinski definition) is 27. The quantitative estimate of drug-likeness (QED) is 0.00807. The number of carbonyl (C=O) groups is 10. The van der Waals surface area contributed by atoms with Crippen molar-refractivity contribution >= 4 is 65.1 Å². The molecule has 2 saturated carbocycles. The molecule has 0 unspecified atom stereocenters. The van der Waals surface area contributed by atoms with E-state index >= 15 is 9.59 Å². The van der Waals surface area contributed by atoms with Gasteiger partial charge in [-0.3, -0.25) is 63.3 Å². The Hall–Kier alpha value is -14.9. The van der Waals surface area contributed by atoms with Crippen molar-refractivity contribution < 1.29 is 101 Å². The van der Waals surface area contributed by atoms with Gasteiger partial charge in [0.25, 0.3) is 11.8 Å². The summed E-state index contributed by atoms with van der Waals surface area (Å²) in [6.45, 7) is 11.2. The van der Waals surface area contributed by atoms with Crippen molar-refractivity contribution in [3.05, 3.63) is 358 Å². The Labute approximate surface area is 835 Å². The number of phenolic OH excluding ortho intramolecular Hbond substituents is 1. The standard InChI is InChI=1S/C112H119N11O21/c1-73-91(64-112(136)103(143-106(133)83-33-17-10-18-34-83)101-110(6,92(126)63-93-111(101,72-139-93)144-75(3)125)102(130)99(140-74(2)124)96(73)109(112,4)5)141-107(134)100(97(80-29-13-8-14-30-80)120-105(132)81-31-15-9-16-32-81)142-95(128)48-47-94(127)117-54-57-137-59-60-138-58-55-118-104(131)82-43-45-86(46-44-82)119-108(135)123(65-76-39-41-79(42-40-76)78-27-11-7-12-28-78)56-49-77-61-84(66-121(68-87-35-19-23-50-113-87)69-88-36-20-24-51-114-88)98(129)85(62-77)67-122(70-89-37-21-25-52-115-89)71-90-38-22-26-53-116-90/h7-46,50-53,61-62,91-93,97,99-101,103,126,129,136H,47-49,54-60,63-72H2,1-6H3,(H,117,127)(H,118,131)(H,119,135)(H,120,132)/t91-,92-,93+,97-,99+,100+,101-,103-,110+,111-,112+/m0/s1. The van der Waals surface area contributed by atoms with Crippen LogP contribution in [0.15, 0.2) is 291 Å². The number of benzene rings is 7. The molecule has 5 heterocycles. The number of esters is 5. The minimum absolute atomic E-state index is 0.00283. The van der Waals surface area contributed by atoms with E-state index in [4.69, 9.17) is 37.9 Å². The van der Waals surface area contributed by atoms with Crippen LogP contribution >= 0.6 is 0 Å². The number of nitrogens with zero attached hydrogens (tertiary/aromatic N) is 7. The van der Waals surface area contributed by atoms with Gasteiger partial charge in [-0.25, -0.2) is 14.4 Å². The number of rotatable bonds is 43. The number of ketones is 1. The number of pyridine rings is 4. The number of urea groups is 1. The summed E-state index contributed by atoms with van der Waals surface area (Å²) in [6.07, 6.45) is -5.08. The molecule has 11 atom stereocenters. The minimum Gasteiger partial charge on any atom is -0.507 e. The summed E-state index contributed by atoms with van der Waals surface area (Å²) < 4.78 is 48.8. The summed E-state index contributed by atoms with van der Waals surface area (Å²) in [5, 5.41) is 50.7. The summed E-state index contributed by atoms with van der Waals surface area (Å²) >= 11 is 0. The fourth-order valence-electron chi connectivity index (χ4n) is 19.7. The maximum absolute atomic E-state index is 16.0. The fraction of sp³-hybridized carbons (Fsp3) is 0.339. The van der Waals surface area contributed by atoms with Crippen LogP contribution in [-0.4, -0.2) is 210 Å². The Morgan fingerprint density at radius 3 is 1.58 bits per heavy atom. The Balaban J connectivity index is 0.569. The van der Waals surface area contributed by atoms with E-state index in [9.17, 15) is 53.7 Å². The van der Waals surface area contributed by atoms with E-state index in [2.05, 4.69) is 51.0 Å². The normalized spacial score (nSPS) is 20.1. The van der Waals surface area contributed by atoms with Crippen LogP contribution in [0.2, 0.25) is 0 Å². The predicted octanol–water partition coefficient (Wildman–Crippen LogP) is 13.3. The Morgan fingerprint density at radius 1 is 0.542 bits per heavy atom. The van der Waals surface area contributed by atoms with Gasteiger partial charge in [0.1, 0.15) is 35.7 Å². The third kappa shape index (κ3) is 25.2. The number of hydrogen-bond donors (Lipinski definition) is 7. The number of Topliss-reactive ketones (excluding diaryl/α,β-unsaturated/α-hetero) is 1. The third-order valence-electron chi connectivity index (χ3n) is 27.1. The van der Waals surface area contributed by atoms with Gasteiger partial charge >= 0.3 is 35.9 Å². The number of anilines is 1. The molecule has 7 aromatic carbocycles. The number of ether oxygens (including phenoxy) is 8. The molecule has 144 heavy (non-hydrogen) atoms. The Morgan fingerprint density at radius 2 is 1.06 bits per heavy atom. The molecule has 3 fully saturated rings. The summed E-state index contributed by atoms with van der Waals surface area (Å²) in [6, 6.07) is 73.8. The lowest BCUT2D eigenvalue weighted by atomic mass is 9.44. The van der Waals surface area contributed by atoms with Crippen LogP contribution in [0.1, 0.15) is 155 Å². The maximum Gasteiger partial charge on any atom is 0.350 e. The van der Waals surface area contributed by atoms with Crippen molar-refractivity contribution in [3.63, 3.8) is 0 Å². The molecule has 15 rings (SSSR count). The zero-order valence-electron chi connectivity index (χ0n) is 81.1. The molecule has 748 valence electrons. The number of amides is 5. The van der Waals surface area contributed by atoms with Gasteiger partial charge in [-0.15, -0.1) is 0 Å². The van der Waals surface area contributed by atoms with Crippen molar-refractivity contribution in [1.29, 1.82) is 0 Å². The van der Waals surface area contributed by atoms with E-state index in [1.165, 1.54) is 52.0 Å². The van der Waals surface area contributed by atoms with Gasteiger partial charge in [0.05, 0.1) is 85.2 Å². The first kappa shape index (κ1) is 103. The third-order valence-corrected chi connectivity index (χ3v) is 27.1. The molecule has 4 aromatic heterocycles. The number of aliphatic hydroxyl groups excluding tert-OH is 1. The second-order valence-electron chi connectivity index (χ2n) is 37.2. The SMILES string of the molecule is CC(=O)O[C@H]1C(=O)[C@@]2(C)[C@H]([C@H](OC(=O)c3ccccc3)[C@]3(O)C[C@H](OC(=O)[C@H](OC(=O)CCC(=O)NCCOCCOCCNC(=O)c4ccc(NC(=O)N(CCc5cc(CN(Cc6ccccn6)Cc6ccccn6)c(O)c(CN(Cc6ccccn6)Cc6ccccn6)c5)Cc5ccc(-c6ccccc6)cc5)cc4)[C@@H](NC(=O)c4ccccc4)c4ccccc4)C(C)=C1C3(C)C)[C@]1(OC(C)=O)CO[C@@H]1C[C@@H]2O. The van der Waals surface area contributed by atoms with Crippen LogP contribution < -0.4 is 21.3 Å². The summed E-state index contributed by atoms with van der Waals surface area (Å²) in [5.74, 6) is -9.40. The number of fused-ring (bicyclic) bond motifs is 5.